The molecule has 6 nitrogen and oxygen atoms in total. The molecule has 3 heterocycles. The van der Waals surface area contributed by atoms with E-state index in [0.717, 1.165) is 18.4 Å². The van der Waals surface area contributed by atoms with E-state index in [-0.39, 0.29) is 17.6 Å². The Labute approximate surface area is 119 Å². The molecule has 106 valence electrons. The maximum atomic E-state index is 12.1. The number of fused-ring (bicyclic) bond motifs is 1. The number of hydrogen-bond acceptors (Lipinski definition) is 5. The molecule has 0 aromatic carbocycles. The molecule has 2 aromatic heterocycles. The van der Waals surface area contributed by atoms with Gasteiger partial charge in [0.1, 0.15) is 10.8 Å². The monoisotopic (exact) mass is 293 g/mol. The first-order chi connectivity index (χ1) is 9.75. The van der Waals surface area contributed by atoms with Crippen LogP contribution in [0.2, 0.25) is 0 Å². The average Bonchev–Trinajstić information content (AvgIpc) is 3.11. The van der Waals surface area contributed by atoms with Crippen molar-refractivity contribution in [1.29, 1.82) is 0 Å². The summed E-state index contributed by atoms with van der Waals surface area (Å²) >= 11 is 1.39. The summed E-state index contributed by atoms with van der Waals surface area (Å²) < 4.78 is 7.47. The number of rotatable bonds is 4. The minimum absolute atomic E-state index is 0.0589. The van der Waals surface area contributed by atoms with Crippen molar-refractivity contribution < 1.29 is 9.53 Å². The van der Waals surface area contributed by atoms with Crippen LogP contribution in [0.3, 0.4) is 0 Å². The van der Waals surface area contributed by atoms with Gasteiger partial charge in [-0.25, -0.2) is 4.98 Å². The van der Waals surface area contributed by atoms with Crippen LogP contribution in [-0.2, 0) is 16.1 Å². The Morgan fingerprint density at radius 2 is 2.50 bits per heavy atom. The minimum Gasteiger partial charge on any atom is -0.368 e. The zero-order valence-corrected chi connectivity index (χ0v) is 11.7. The first-order valence-corrected chi connectivity index (χ1v) is 7.45. The van der Waals surface area contributed by atoms with Gasteiger partial charge in [0.2, 0.25) is 5.91 Å². The number of thiophene rings is 1. The van der Waals surface area contributed by atoms with Crippen LogP contribution in [0.4, 0.5) is 0 Å². The highest BCUT2D eigenvalue weighted by atomic mass is 32.1. The third-order valence-electron chi connectivity index (χ3n) is 3.31. The number of amides is 1. The Kier molecular flexibility index (Phi) is 3.79. The SMILES string of the molecule is O=C(NCCn1cnc2ccsc2c1=O)[C@@H]1CCCO1. The lowest BCUT2D eigenvalue weighted by atomic mass is 10.2. The summed E-state index contributed by atoms with van der Waals surface area (Å²) in [6, 6.07) is 1.82. The van der Waals surface area contributed by atoms with E-state index in [2.05, 4.69) is 10.3 Å². The van der Waals surface area contributed by atoms with Crippen LogP contribution in [0.5, 0.6) is 0 Å². The van der Waals surface area contributed by atoms with Gasteiger partial charge in [-0.1, -0.05) is 0 Å². The third kappa shape index (κ3) is 2.59. The van der Waals surface area contributed by atoms with Gasteiger partial charge in [0.25, 0.3) is 5.56 Å². The summed E-state index contributed by atoms with van der Waals surface area (Å²) in [7, 11) is 0. The van der Waals surface area contributed by atoms with E-state index in [1.165, 1.54) is 22.2 Å². The number of nitrogens with one attached hydrogen (secondary N) is 1. The summed E-state index contributed by atoms with van der Waals surface area (Å²) in [4.78, 5) is 28.1. The van der Waals surface area contributed by atoms with Gasteiger partial charge in [-0.05, 0) is 24.3 Å². The van der Waals surface area contributed by atoms with Crippen LogP contribution in [-0.4, -0.2) is 34.7 Å². The summed E-state index contributed by atoms with van der Waals surface area (Å²) in [5.74, 6) is -0.0966. The topological polar surface area (TPSA) is 73.2 Å². The zero-order valence-electron chi connectivity index (χ0n) is 10.9. The molecule has 1 N–H and O–H groups in total. The molecule has 1 amide bonds. The van der Waals surface area contributed by atoms with Crippen molar-refractivity contribution >= 4 is 27.5 Å². The first-order valence-electron chi connectivity index (χ1n) is 6.57. The van der Waals surface area contributed by atoms with E-state index in [9.17, 15) is 9.59 Å². The van der Waals surface area contributed by atoms with Gasteiger partial charge in [-0.2, -0.15) is 0 Å². The van der Waals surface area contributed by atoms with E-state index >= 15 is 0 Å². The normalized spacial score (nSPS) is 18.5. The molecule has 0 bridgehead atoms. The molecule has 7 heteroatoms. The Hall–Kier alpha value is -1.73. The molecule has 1 aliphatic heterocycles. The predicted molar refractivity (Wildman–Crippen MR) is 75.9 cm³/mol. The maximum absolute atomic E-state index is 12.1. The van der Waals surface area contributed by atoms with Crippen molar-refractivity contribution in [2.45, 2.75) is 25.5 Å². The predicted octanol–water partition coefficient (Wildman–Crippen LogP) is 0.753. The van der Waals surface area contributed by atoms with E-state index in [1.807, 2.05) is 11.4 Å². The maximum Gasteiger partial charge on any atom is 0.271 e. The largest absolute Gasteiger partial charge is 0.368 e. The second kappa shape index (κ2) is 5.72. The van der Waals surface area contributed by atoms with Gasteiger partial charge < -0.3 is 10.1 Å². The van der Waals surface area contributed by atoms with Crippen molar-refractivity contribution in [3.63, 3.8) is 0 Å². The number of aromatic nitrogens is 2. The van der Waals surface area contributed by atoms with Crippen molar-refractivity contribution in [2.75, 3.05) is 13.2 Å². The highest BCUT2D eigenvalue weighted by Gasteiger charge is 2.22. The Morgan fingerprint density at radius 1 is 1.60 bits per heavy atom. The Balaban J connectivity index is 1.61. The molecule has 2 aromatic rings. The van der Waals surface area contributed by atoms with Crippen LogP contribution in [0, 0.1) is 0 Å². The van der Waals surface area contributed by atoms with Gasteiger partial charge in [0.05, 0.1) is 11.8 Å². The van der Waals surface area contributed by atoms with E-state index < -0.39 is 0 Å². The minimum atomic E-state index is -0.329. The lowest BCUT2D eigenvalue weighted by Crippen LogP contribution is -2.37. The zero-order chi connectivity index (χ0) is 13.9. The standard InChI is InChI=1S/C13H15N3O3S/c17-12(10-2-1-6-19-10)14-4-5-16-8-15-9-3-7-20-11(9)13(16)18/h3,7-8,10H,1-2,4-6H2,(H,14,17)/t10-/m0/s1. The van der Waals surface area contributed by atoms with Gasteiger partial charge >= 0.3 is 0 Å². The number of hydrogen-bond donors (Lipinski definition) is 1. The van der Waals surface area contributed by atoms with Crippen LogP contribution in [0.25, 0.3) is 10.2 Å². The summed E-state index contributed by atoms with van der Waals surface area (Å²) in [6.07, 6.45) is 2.89. The summed E-state index contributed by atoms with van der Waals surface area (Å²) in [5, 5.41) is 4.64. The van der Waals surface area contributed by atoms with Crippen molar-refractivity contribution in [1.82, 2.24) is 14.9 Å². The molecule has 0 radical (unpaired) electrons. The van der Waals surface area contributed by atoms with Crippen LogP contribution in [0.1, 0.15) is 12.8 Å². The second-order valence-corrected chi connectivity index (χ2v) is 5.59. The smallest absolute Gasteiger partial charge is 0.271 e. The number of ether oxygens (including phenoxy) is 1. The van der Waals surface area contributed by atoms with E-state index in [0.29, 0.717) is 24.4 Å². The second-order valence-electron chi connectivity index (χ2n) is 4.67. The lowest BCUT2D eigenvalue weighted by molar-refractivity contribution is -0.130. The molecule has 1 saturated heterocycles. The van der Waals surface area contributed by atoms with E-state index in [1.54, 1.807) is 0 Å². The fourth-order valence-electron chi connectivity index (χ4n) is 2.24. The fourth-order valence-corrected chi connectivity index (χ4v) is 3.03. The molecule has 3 rings (SSSR count). The van der Waals surface area contributed by atoms with Crippen molar-refractivity contribution in [2.24, 2.45) is 0 Å². The number of carbonyl (C=O) groups is 1. The van der Waals surface area contributed by atoms with Crippen LogP contribution < -0.4 is 10.9 Å². The average molecular weight is 293 g/mol. The molecule has 20 heavy (non-hydrogen) atoms. The molecular formula is C13H15N3O3S. The highest BCUT2D eigenvalue weighted by Crippen LogP contribution is 2.13. The van der Waals surface area contributed by atoms with Crippen LogP contribution in [0.15, 0.2) is 22.6 Å². The molecule has 0 aliphatic carbocycles. The molecule has 0 spiro atoms. The van der Waals surface area contributed by atoms with Gasteiger partial charge in [-0.15, -0.1) is 11.3 Å². The summed E-state index contributed by atoms with van der Waals surface area (Å²) in [5.41, 5.74) is 0.663. The summed E-state index contributed by atoms with van der Waals surface area (Å²) in [6.45, 7) is 1.46. The van der Waals surface area contributed by atoms with Crippen molar-refractivity contribution in [3.05, 3.63) is 28.1 Å². The van der Waals surface area contributed by atoms with E-state index in [4.69, 9.17) is 4.74 Å². The first kappa shape index (κ1) is 13.3. The Morgan fingerprint density at radius 3 is 3.30 bits per heavy atom. The highest BCUT2D eigenvalue weighted by molar-refractivity contribution is 7.17. The Bertz CT molecular complexity index is 673. The fraction of sp³-hybridized carbons (Fsp3) is 0.462. The number of nitrogens with zero attached hydrogens (tertiary/aromatic N) is 2. The molecular weight excluding hydrogens is 278 g/mol. The molecule has 0 unspecified atom stereocenters. The number of carbonyl (C=O) groups excluding carboxylic acids is 1. The third-order valence-corrected chi connectivity index (χ3v) is 4.20. The van der Waals surface area contributed by atoms with Gasteiger partial charge in [0, 0.05) is 19.7 Å². The van der Waals surface area contributed by atoms with Crippen molar-refractivity contribution in [3.8, 4) is 0 Å². The molecule has 1 fully saturated rings. The molecule has 1 atom stereocenters. The molecule has 1 aliphatic rings. The van der Waals surface area contributed by atoms with Crippen LogP contribution >= 0.6 is 11.3 Å². The molecule has 0 saturated carbocycles. The van der Waals surface area contributed by atoms with Gasteiger partial charge in [-0.3, -0.25) is 14.2 Å². The lowest BCUT2D eigenvalue weighted by Gasteiger charge is -2.11. The van der Waals surface area contributed by atoms with Gasteiger partial charge in [0.15, 0.2) is 0 Å². The quantitative estimate of drug-likeness (QED) is 0.903.